The number of hydrogen-bond donors (Lipinski definition) is 1. The van der Waals surface area contributed by atoms with Gasteiger partial charge in [-0.15, -0.1) is 0 Å². The fourth-order valence-corrected chi connectivity index (χ4v) is 1.17. The summed E-state index contributed by atoms with van der Waals surface area (Å²) < 4.78 is 9.20. The molecule has 0 unspecified atom stereocenters. The molecule has 6 nitrogen and oxygen atoms in total. The Balaban J connectivity index is 2.16. The molecule has 1 rings (SSSR count). The van der Waals surface area contributed by atoms with Crippen molar-refractivity contribution in [2.24, 2.45) is 0 Å². The first-order valence-corrected chi connectivity index (χ1v) is 4.47. The van der Waals surface area contributed by atoms with E-state index in [9.17, 15) is 9.59 Å². The molecule has 1 N–H and O–H groups in total. The van der Waals surface area contributed by atoms with Crippen LogP contribution in [0.25, 0.3) is 0 Å². The molecule has 0 aliphatic carbocycles. The third kappa shape index (κ3) is 3.12. The lowest BCUT2D eigenvalue weighted by Gasteiger charge is -2.26. The van der Waals surface area contributed by atoms with E-state index in [1.807, 2.05) is 0 Å². The fraction of sp³-hybridized carbons (Fsp3) is 0.750. The quantitative estimate of drug-likeness (QED) is 0.709. The van der Waals surface area contributed by atoms with E-state index in [1.165, 1.54) is 7.11 Å². The Labute approximate surface area is 82.1 Å². The second-order valence-corrected chi connectivity index (χ2v) is 2.87. The summed E-state index contributed by atoms with van der Waals surface area (Å²) in [6, 6.07) is 0. The minimum atomic E-state index is -0.490. The molecular formula is C8H14N2O4. The van der Waals surface area contributed by atoms with E-state index in [0.29, 0.717) is 26.2 Å². The Morgan fingerprint density at radius 1 is 1.71 bits per heavy atom. The van der Waals surface area contributed by atoms with Crippen LogP contribution < -0.4 is 5.32 Å². The molecule has 0 radical (unpaired) electrons. The lowest BCUT2D eigenvalue weighted by atomic mass is 10.3. The van der Waals surface area contributed by atoms with Crippen molar-refractivity contribution in [1.29, 1.82) is 0 Å². The van der Waals surface area contributed by atoms with E-state index in [1.54, 1.807) is 4.90 Å². The summed E-state index contributed by atoms with van der Waals surface area (Å²) in [4.78, 5) is 23.3. The summed E-state index contributed by atoms with van der Waals surface area (Å²) in [5.41, 5.74) is 0. The number of hydrogen-bond acceptors (Lipinski definition) is 4. The van der Waals surface area contributed by atoms with Crippen LogP contribution in [0.3, 0.4) is 0 Å². The van der Waals surface area contributed by atoms with Gasteiger partial charge in [0.25, 0.3) is 0 Å². The van der Waals surface area contributed by atoms with E-state index in [4.69, 9.17) is 4.74 Å². The number of cyclic esters (lactones) is 1. The van der Waals surface area contributed by atoms with Crippen LogP contribution in [0, 0.1) is 0 Å². The number of alkyl carbamates (subject to hydrolysis) is 1. The standard InChI is InChI=1S/C8H14N2O4/c1-13-7(11)9-3-5-10-4-2-6-14-8(10)12/h2-6H2,1H3,(H,9,11). The van der Waals surface area contributed by atoms with Crippen molar-refractivity contribution in [2.75, 3.05) is 33.4 Å². The zero-order chi connectivity index (χ0) is 10.4. The maximum atomic E-state index is 11.1. The largest absolute Gasteiger partial charge is 0.453 e. The number of carbonyl (C=O) groups is 2. The molecule has 1 aliphatic rings. The van der Waals surface area contributed by atoms with E-state index >= 15 is 0 Å². The molecular weight excluding hydrogens is 188 g/mol. The highest BCUT2D eigenvalue weighted by Crippen LogP contribution is 2.02. The Hall–Kier alpha value is -1.46. The number of nitrogens with zero attached hydrogens (tertiary/aromatic N) is 1. The van der Waals surface area contributed by atoms with Crippen molar-refractivity contribution in [1.82, 2.24) is 10.2 Å². The third-order valence-electron chi connectivity index (χ3n) is 1.89. The van der Waals surface area contributed by atoms with Crippen LogP contribution in [0.1, 0.15) is 6.42 Å². The van der Waals surface area contributed by atoms with Crippen LogP contribution in [0.4, 0.5) is 9.59 Å². The number of methoxy groups -OCH3 is 1. The second kappa shape index (κ2) is 5.31. The summed E-state index contributed by atoms with van der Waals surface area (Å²) in [7, 11) is 1.30. The molecule has 0 spiro atoms. The highest BCUT2D eigenvalue weighted by atomic mass is 16.6. The first-order chi connectivity index (χ1) is 6.74. The van der Waals surface area contributed by atoms with Gasteiger partial charge in [-0.05, 0) is 6.42 Å². The van der Waals surface area contributed by atoms with Crippen molar-refractivity contribution in [3.05, 3.63) is 0 Å². The Kier molecular flexibility index (Phi) is 4.03. The molecule has 14 heavy (non-hydrogen) atoms. The van der Waals surface area contributed by atoms with Crippen molar-refractivity contribution < 1.29 is 19.1 Å². The summed E-state index contributed by atoms with van der Waals surface area (Å²) in [5, 5.41) is 2.49. The van der Waals surface area contributed by atoms with E-state index in [0.717, 1.165) is 6.42 Å². The van der Waals surface area contributed by atoms with Gasteiger partial charge in [0.05, 0.1) is 13.7 Å². The smallest absolute Gasteiger partial charge is 0.409 e. The van der Waals surface area contributed by atoms with Crippen molar-refractivity contribution in [3.8, 4) is 0 Å². The van der Waals surface area contributed by atoms with Crippen LogP contribution in [0.2, 0.25) is 0 Å². The highest BCUT2D eigenvalue weighted by Gasteiger charge is 2.18. The van der Waals surface area contributed by atoms with Gasteiger partial charge in [0.2, 0.25) is 0 Å². The Morgan fingerprint density at radius 2 is 2.50 bits per heavy atom. The zero-order valence-electron chi connectivity index (χ0n) is 8.12. The van der Waals surface area contributed by atoms with Crippen molar-refractivity contribution in [2.45, 2.75) is 6.42 Å². The van der Waals surface area contributed by atoms with Gasteiger partial charge >= 0.3 is 12.2 Å². The predicted octanol–water partition coefficient (Wildman–Crippen LogP) is 0.185. The first kappa shape index (κ1) is 10.6. The predicted molar refractivity (Wildman–Crippen MR) is 47.9 cm³/mol. The fourth-order valence-electron chi connectivity index (χ4n) is 1.17. The summed E-state index contributed by atoms with van der Waals surface area (Å²) in [6.45, 7) is 2.00. The molecule has 0 bridgehead atoms. The lowest BCUT2D eigenvalue weighted by Crippen LogP contribution is -2.42. The molecule has 0 atom stereocenters. The van der Waals surface area contributed by atoms with E-state index < -0.39 is 6.09 Å². The van der Waals surface area contributed by atoms with Gasteiger partial charge < -0.3 is 19.7 Å². The van der Waals surface area contributed by atoms with Gasteiger partial charge in [-0.2, -0.15) is 0 Å². The molecule has 0 aromatic heterocycles. The van der Waals surface area contributed by atoms with E-state index in [2.05, 4.69) is 10.1 Å². The number of rotatable bonds is 3. The number of carbonyl (C=O) groups excluding carboxylic acids is 2. The SMILES string of the molecule is COC(=O)NCCN1CCCOC1=O. The van der Waals surface area contributed by atoms with Gasteiger partial charge in [-0.25, -0.2) is 9.59 Å². The molecule has 1 saturated heterocycles. The van der Waals surface area contributed by atoms with Crippen LogP contribution in [0.15, 0.2) is 0 Å². The number of amides is 2. The first-order valence-electron chi connectivity index (χ1n) is 4.47. The van der Waals surface area contributed by atoms with E-state index in [-0.39, 0.29) is 6.09 Å². The molecule has 2 amide bonds. The van der Waals surface area contributed by atoms with Crippen LogP contribution >= 0.6 is 0 Å². The molecule has 1 heterocycles. The Morgan fingerprint density at radius 3 is 3.14 bits per heavy atom. The maximum absolute atomic E-state index is 11.1. The second-order valence-electron chi connectivity index (χ2n) is 2.87. The van der Waals surface area contributed by atoms with Gasteiger partial charge in [-0.1, -0.05) is 0 Å². The minimum Gasteiger partial charge on any atom is -0.453 e. The van der Waals surface area contributed by atoms with Crippen molar-refractivity contribution in [3.63, 3.8) is 0 Å². The van der Waals surface area contributed by atoms with Crippen LogP contribution in [-0.4, -0.2) is 50.4 Å². The van der Waals surface area contributed by atoms with Gasteiger partial charge in [0.1, 0.15) is 0 Å². The molecule has 0 aromatic rings. The molecule has 0 aromatic carbocycles. The molecule has 0 saturated carbocycles. The van der Waals surface area contributed by atoms with Crippen molar-refractivity contribution >= 4 is 12.2 Å². The summed E-state index contributed by atoms with van der Waals surface area (Å²) in [6.07, 6.45) is 0.0301. The summed E-state index contributed by atoms with van der Waals surface area (Å²) >= 11 is 0. The minimum absolute atomic E-state index is 0.317. The molecule has 6 heteroatoms. The highest BCUT2D eigenvalue weighted by molar-refractivity contribution is 5.69. The monoisotopic (exact) mass is 202 g/mol. The Bertz CT molecular complexity index is 219. The number of ether oxygens (including phenoxy) is 2. The molecule has 80 valence electrons. The molecule has 1 fully saturated rings. The van der Waals surface area contributed by atoms with Gasteiger partial charge in [0, 0.05) is 19.6 Å². The lowest BCUT2D eigenvalue weighted by molar-refractivity contribution is 0.0730. The molecule has 1 aliphatic heterocycles. The topological polar surface area (TPSA) is 67.9 Å². The number of nitrogens with one attached hydrogen (secondary N) is 1. The zero-order valence-corrected chi connectivity index (χ0v) is 8.12. The third-order valence-corrected chi connectivity index (χ3v) is 1.89. The van der Waals surface area contributed by atoms with Crippen LogP contribution in [0.5, 0.6) is 0 Å². The maximum Gasteiger partial charge on any atom is 0.409 e. The van der Waals surface area contributed by atoms with Crippen LogP contribution in [-0.2, 0) is 9.47 Å². The normalized spacial score (nSPS) is 16.1. The summed E-state index contributed by atoms with van der Waals surface area (Å²) in [5.74, 6) is 0. The van der Waals surface area contributed by atoms with Gasteiger partial charge in [-0.3, -0.25) is 0 Å². The van der Waals surface area contributed by atoms with Gasteiger partial charge in [0.15, 0.2) is 0 Å². The average Bonchev–Trinajstić information content (AvgIpc) is 2.20. The average molecular weight is 202 g/mol.